The van der Waals surface area contributed by atoms with Crippen molar-refractivity contribution in [2.75, 3.05) is 20.2 Å². The van der Waals surface area contributed by atoms with Gasteiger partial charge in [-0.3, -0.25) is 4.79 Å². The molecule has 0 saturated carbocycles. The van der Waals surface area contributed by atoms with Crippen molar-refractivity contribution in [3.63, 3.8) is 0 Å². The van der Waals surface area contributed by atoms with Gasteiger partial charge in [0, 0.05) is 30.2 Å². The molecule has 1 unspecified atom stereocenters. The van der Waals surface area contributed by atoms with E-state index < -0.39 is 11.5 Å². The molecule has 2 heterocycles. The highest BCUT2D eigenvalue weighted by atomic mass is 35.5. The van der Waals surface area contributed by atoms with E-state index in [1.165, 1.54) is 10.5 Å². The number of likely N-dealkylation sites (tertiary alicyclic amines) is 1. The molecule has 1 N–H and O–H groups in total. The third-order valence-corrected chi connectivity index (χ3v) is 4.54. The molecule has 1 aliphatic rings. The van der Waals surface area contributed by atoms with Crippen molar-refractivity contribution < 1.29 is 13.9 Å². The zero-order valence-electron chi connectivity index (χ0n) is 12.3. The van der Waals surface area contributed by atoms with Crippen molar-refractivity contribution in [1.82, 2.24) is 9.88 Å². The molecule has 1 aliphatic heterocycles. The molecule has 1 aromatic heterocycles. The van der Waals surface area contributed by atoms with E-state index in [9.17, 15) is 9.18 Å². The van der Waals surface area contributed by atoms with Gasteiger partial charge in [0.1, 0.15) is 5.75 Å². The SMILES string of the molecule is COc1ccc2[nH]cc(C3CCN(C(=O)C(F)Cl)CC3)c2c1. The monoisotopic (exact) mass is 324 g/mol. The van der Waals surface area contributed by atoms with Crippen molar-refractivity contribution in [3.8, 4) is 5.75 Å². The first-order valence-electron chi connectivity index (χ1n) is 7.32. The molecule has 1 fully saturated rings. The average Bonchev–Trinajstić information content (AvgIpc) is 2.97. The van der Waals surface area contributed by atoms with Crippen LogP contribution in [0.2, 0.25) is 0 Å². The maximum Gasteiger partial charge on any atom is 0.272 e. The molecule has 1 aromatic carbocycles. The molecule has 6 heteroatoms. The van der Waals surface area contributed by atoms with Gasteiger partial charge in [-0.1, -0.05) is 11.6 Å². The van der Waals surface area contributed by atoms with Gasteiger partial charge in [0.15, 0.2) is 0 Å². The first-order valence-corrected chi connectivity index (χ1v) is 7.75. The first-order chi connectivity index (χ1) is 10.6. The molecular formula is C16H18ClFN2O2. The number of hydrogen-bond acceptors (Lipinski definition) is 2. The number of amides is 1. The fourth-order valence-corrected chi connectivity index (χ4v) is 3.27. The molecular weight excluding hydrogens is 307 g/mol. The Morgan fingerprint density at radius 2 is 2.18 bits per heavy atom. The highest BCUT2D eigenvalue weighted by Gasteiger charge is 2.28. The molecule has 118 valence electrons. The Bertz CT molecular complexity index is 678. The van der Waals surface area contributed by atoms with E-state index in [0.717, 1.165) is 29.5 Å². The summed E-state index contributed by atoms with van der Waals surface area (Å²) in [6.45, 7) is 1.07. The number of piperidine rings is 1. The fraction of sp³-hybridized carbons (Fsp3) is 0.438. The minimum atomic E-state index is -1.94. The third kappa shape index (κ3) is 2.77. The van der Waals surface area contributed by atoms with E-state index in [4.69, 9.17) is 16.3 Å². The summed E-state index contributed by atoms with van der Waals surface area (Å²) in [7, 11) is 1.65. The number of fused-ring (bicyclic) bond motifs is 1. The molecule has 0 radical (unpaired) electrons. The van der Waals surface area contributed by atoms with Gasteiger partial charge in [-0.15, -0.1) is 0 Å². The number of nitrogens with one attached hydrogen (secondary N) is 1. The molecule has 2 aromatic rings. The lowest BCUT2D eigenvalue weighted by molar-refractivity contribution is -0.134. The number of nitrogens with zero attached hydrogens (tertiary/aromatic N) is 1. The molecule has 4 nitrogen and oxygen atoms in total. The van der Waals surface area contributed by atoms with Crippen molar-refractivity contribution >= 4 is 28.4 Å². The predicted octanol–water partition coefficient (Wildman–Crippen LogP) is 3.42. The van der Waals surface area contributed by atoms with Crippen LogP contribution in [-0.4, -0.2) is 41.6 Å². The van der Waals surface area contributed by atoms with Gasteiger partial charge in [0.25, 0.3) is 11.5 Å². The smallest absolute Gasteiger partial charge is 0.272 e. The van der Waals surface area contributed by atoms with Crippen LogP contribution in [0.5, 0.6) is 5.75 Å². The van der Waals surface area contributed by atoms with Gasteiger partial charge >= 0.3 is 0 Å². The highest BCUT2D eigenvalue weighted by Crippen LogP contribution is 2.34. The van der Waals surface area contributed by atoms with Gasteiger partial charge in [-0.25, -0.2) is 4.39 Å². The number of rotatable bonds is 3. The van der Waals surface area contributed by atoms with Gasteiger partial charge in [0.2, 0.25) is 0 Å². The van der Waals surface area contributed by atoms with Crippen LogP contribution in [0.1, 0.15) is 24.3 Å². The van der Waals surface area contributed by atoms with Crippen LogP contribution in [-0.2, 0) is 4.79 Å². The van der Waals surface area contributed by atoms with Gasteiger partial charge < -0.3 is 14.6 Å². The van der Waals surface area contributed by atoms with Crippen molar-refractivity contribution in [1.29, 1.82) is 0 Å². The molecule has 3 rings (SSSR count). The lowest BCUT2D eigenvalue weighted by atomic mass is 9.89. The van der Waals surface area contributed by atoms with E-state index in [0.29, 0.717) is 19.0 Å². The summed E-state index contributed by atoms with van der Waals surface area (Å²) in [5.74, 6) is 0.544. The Balaban J connectivity index is 1.78. The van der Waals surface area contributed by atoms with Crippen LogP contribution in [0, 0.1) is 0 Å². The number of carbonyl (C=O) groups is 1. The second kappa shape index (κ2) is 6.16. The second-order valence-corrected chi connectivity index (χ2v) is 5.94. The number of carbonyl (C=O) groups excluding carboxylic acids is 1. The number of aromatic amines is 1. The predicted molar refractivity (Wildman–Crippen MR) is 84.2 cm³/mol. The van der Waals surface area contributed by atoms with Crippen LogP contribution >= 0.6 is 11.6 Å². The Hall–Kier alpha value is -1.75. The molecule has 0 aliphatic carbocycles. The number of aromatic nitrogens is 1. The summed E-state index contributed by atoms with van der Waals surface area (Å²) in [5, 5.41) is 1.14. The van der Waals surface area contributed by atoms with Crippen LogP contribution < -0.4 is 4.74 Å². The van der Waals surface area contributed by atoms with Crippen LogP contribution in [0.15, 0.2) is 24.4 Å². The fourth-order valence-electron chi connectivity index (χ4n) is 3.13. The number of methoxy groups -OCH3 is 1. The maximum absolute atomic E-state index is 12.9. The molecule has 1 amide bonds. The van der Waals surface area contributed by atoms with E-state index in [2.05, 4.69) is 4.98 Å². The summed E-state index contributed by atoms with van der Waals surface area (Å²) in [6, 6.07) is 5.94. The van der Waals surface area contributed by atoms with Crippen molar-refractivity contribution in [2.24, 2.45) is 0 Å². The standard InChI is InChI=1S/C16H18ClFN2O2/c1-22-11-2-3-14-12(8-11)13(9-19-14)10-4-6-20(7-5-10)16(21)15(17)18/h2-3,8-10,15,19H,4-7H2,1H3. The zero-order valence-corrected chi connectivity index (χ0v) is 13.1. The molecule has 22 heavy (non-hydrogen) atoms. The topological polar surface area (TPSA) is 45.3 Å². The second-order valence-electron chi connectivity index (χ2n) is 5.56. The number of ether oxygens (including phenoxy) is 1. The highest BCUT2D eigenvalue weighted by molar-refractivity contribution is 6.29. The normalized spacial score (nSPS) is 17.7. The number of hydrogen-bond donors (Lipinski definition) is 1. The van der Waals surface area contributed by atoms with Gasteiger partial charge in [-0.05, 0) is 42.5 Å². The lowest BCUT2D eigenvalue weighted by Gasteiger charge is -2.32. The molecule has 1 atom stereocenters. The number of benzene rings is 1. The zero-order chi connectivity index (χ0) is 15.7. The van der Waals surface area contributed by atoms with Crippen LogP contribution in [0.25, 0.3) is 10.9 Å². The Morgan fingerprint density at radius 3 is 2.82 bits per heavy atom. The molecule has 1 saturated heterocycles. The van der Waals surface area contributed by atoms with E-state index in [-0.39, 0.29) is 0 Å². The number of alkyl halides is 2. The first kappa shape index (κ1) is 15.2. The van der Waals surface area contributed by atoms with E-state index in [1.807, 2.05) is 24.4 Å². The summed E-state index contributed by atoms with van der Waals surface area (Å²) in [4.78, 5) is 16.4. The Labute approximate surface area is 133 Å². The third-order valence-electron chi connectivity index (χ3n) is 4.35. The summed E-state index contributed by atoms with van der Waals surface area (Å²) in [6.07, 6.45) is 3.63. The van der Waals surface area contributed by atoms with Crippen molar-refractivity contribution in [3.05, 3.63) is 30.0 Å². The summed E-state index contributed by atoms with van der Waals surface area (Å²) in [5.41, 5.74) is 0.358. The van der Waals surface area contributed by atoms with Crippen LogP contribution in [0.4, 0.5) is 4.39 Å². The van der Waals surface area contributed by atoms with Gasteiger partial charge in [-0.2, -0.15) is 0 Å². The Kier molecular flexibility index (Phi) is 4.25. The quantitative estimate of drug-likeness (QED) is 0.879. The number of halogens is 2. The van der Waals surface area contributed by atoms with E-state index in [1.54, 1.807) is 7.11 Å². The van der Waals surface area contributed by atoms with E-state index >= 15 is 0 Å². The average molecular weight is 325 g/mol. The van der Waals surface area contributed by atoms with Crippen molar-refractivity contribution in [2.45, 2.75) is 24.4 Å². The summed E-state index contributed by atoms with van der Waals surface area (Å²) >= 11 is 5.23. The molecule has 0 bridgehead atoms. The van der Waals surface area contributed by atoms with Gasteiger partial charge in [0.05, 0.1) is 7.11 Å². The minimum Gasteiger partial charge on any atom is -0.497 e. The number of H-pyrrole nitrogens is 1. The maximum atomic E-state index is 12.9. The molecule has 0 spiro atoms. The minimum absolute atomic E-state index is 0.346. The Morgan fingerprint density at radius 1 is 1.45 bits per heavy atom. The lowest BCUT2D eigenvalue weighted by Crippen LogP contribution is -2.40. The summed E-state index contributed by atoms with van der Waals surface area (Å²) < 4.78 is 18.2. The van der Waals surface area contributed by atoms with Crippen LogP contribution in [0.3, 0.4) is 0 Å². The largest absolute Gasteiger partial charge is 0.497 e.